The molecule has 0 aromatic heterocycles. The van der Waals surface area contributed by atoms with Crippen LogP contribution in [0.4, 0.5) is 0 Å². The van der Waals surface area contributed by atoms with Gasteiger partial charge in [-0.15, -0.1) is 11.8 Å². The summed E-state index contributed by atoms with van der Waals surface area (Å²) < 4.78 is 0. The van der Waals surface area contributed by atoms with Gasteiger partial charge in [-0.1, -0.05) is 19.9 Å². The van der Waals surface area contributed by atoms with Gasteiger partial charge in [0.15, 0.2) is 0 Å². The highest BCUT2D eigenvalue weighted by Gasteiger charge is 2.35. The van der Waals surface area contributed by atoms with Crippen LogP contribution >= 0.6 is 11.8 Å². The molecule has 1 saturated heterocycles. The first-order valence-corrected chi connectivity index (χ1v) is 8.35. The first-order valence-electron chi connectivity index (χ1n) is 7.19. The average molecular weight is 317 g/mol. The Morgan fingerprint density at radius 3 is 2.95 bits per heavy atom. The van der Waals surface area contributed by atoms with Crippen molar-refractivity contribution in [1.82, 2.24) is 10.2 Å². The number of hydrogen-bond donors (Lipinski definition) is 1. The second-order valence-corrected chi connectivity index (χ2v) is 6.62. The van der Waals surface area contributed by atoms with Gasteiger partial charge in [-0.3, -0.25) is 9.59 Å². The van der Waals surface area contributed by atoms with Crippen molar-refractivity contribution in [1.29, 1.82) is 5.26 Å². The number of amides is 2. The van der Waals surface area contributed by atoms with E-state index in [1.807, 2.05) is 19.9 Å². The van der Waals surface area contributed by atoms with Crippen LogP contribution in [0.15, 0.2) is 24.3 Å². The van der Waals surface area contributed by atoms with E-state index in [2.05, 4.69) is 5.32 Å². The summed E-state index contributed by atoms with van der Waals surface area (Å²) in [6.45, 7) is 4.66. The van der Waals surface area contributed by atoms with Gasteiger partial charge in [0.1, 0.15) is 6.04 Å². The Hall–Kier alpha value is -2.00. The smallest absolute Gasteiger partial charge is 0.255 e. The molecule has 1 N–H and O–H groups in total. The number of carbonyl (C=O) groups is 2. The van der Waals surface area contributed by atoms with Crippen LogP contribution in [0, 0.1) is 17.2 Å². The standard InChI is InChI=1S/C16H19N3O2S/c1-11(2)8-18-15(20)14-9-22-10-19(14)16(21)13-5-3-4-12(6-13)7-17/h3-6,11,14H,8-10H2,1-2H3,(H,18,20). The summed E-state index contributed by atoms with van der Waals surface area (Å²) in [7, 11) is 0. The van der Waals surface area contributed by atoms with E-state index in [0.29, 0.717) is 35.2 Å². The van der Waals surface area contributed by atoms with Crippen molar-refractivity contribution < 1.29 is 9.59 Å². The Morgan fingerprint density at radius 2 is 2.27 bits per heavy atom. The fourth-order valence-electron chi connectivity index (χ4n) is 2.17. The van der Waals surface area contributed by atoms with E-state index < -0.39 is 6.04 Å². The van der Waals surface area contributed by atoms with E-state index in [0.717, 1.165) is 0 Å². The van der Waals surface area contributed by atoms with Crippen LogP contribution in [0.25, 0.3) is 0 Å². The predicted molar refractivity (Wildman–Crippen MR) is 86.3 cm³/mol. The van der Waals surface area contributed by atoms with Crippen LogP contribution in [0.2, 0.25) is 0 Å². The van der Waals surface area contributed by atoms with Crippen molar-refractivity contribution >= 4 is 23.6 Å². The molecule has 0 radical (unpaired) electrons. The highest BCUT2D eigenvalue weighted by atomic mass is 32.2. The lowest BCUT2D eigenvalue weighted by Crippen LogP contribution is -2.47. The molecule has 116 valence electrons. The average Bonchev–Trinajstić information content (AvgIpc) is 3.01. The van der Waals surface area contributed by atoms with Gasteiger partial charge in [0, 0.05) is 17.9 Å². The van der Waals surface area contributed by atoms with E-state index in [9.17, 15) is 9.59 Å². The van der Waals surface area contributed by atoms with Gasteiger partial charge in [-0.05, 0) is 24.1 Å². The molecule has 1 atom stereocenters. The second kappa shape index (κ2) is 7.32. The summed E-state index contributed by atoms with van der Waals surface area (Å²) >= 11 is 1.57. The van der Waals surface area contributed by atoms with E-state index in [1.165, 1.54) is 0 Å². The molecular formula is C16H19N3O2S. The van der Waals surface area contributed by atoms with Gasteiger partial charge in [0.25, 0.3) is 5.91 Å². The SMILES string of the molecule is CC(C)CNC(=O)C1CSCN1C(=O)c1cccc(C#N)c1. The van der Waals surface area contributed by atoms with E-state index in [-0.39, 0.29) is 11.8 Å². The van der Waals surface area contributed by atoms with Gasteiger partial charge >= 0.3 is 0 Å². The largest absolute Gasteiger partial charge is 0.354 e. The van der Waals surface area contributed by atoms with Crippen molar-refractivity contribution in [2.45, 2.75) is 19.9 Å². The molecule has 6 heteroatoms. The zero-order valence-corrected chi connectivity index (χ0v) is 13.5. The van der Waals surface area contributed by atoms with Crippen molar-refractivity contribution in [2.24, 2.45) is 5.92 Å². The molecule has 5 nitrogen and oxygen atoms in total. The summed E-state index contributed by atoms with van der Waals surface area (Å²) in [4.78, 5) is 26.4. The minimum atomic E-state index is -0.443. The Morgan fingerprint density at radius 1 is 1.50 bits per heavy atom. The third-order valence-corrected chi connectivity index (χ3v) is 4.38. The van der Waals surface area contributed by atoms with E-state index in [1.54, 1.807) is 40.9 Å². The van der Waals surface area contributed by atoms with Gasteiger partial charge in [-0.25, -0.2) is 0 Å². The van der Waals surface area contributed by atoms with Gasteiger partial charge in [0.05, 0.1) is 17.5 Å². The molecular weight excluding hydrogens is 298 g/mol. The number of carbonyl (C=O) groups excluding carboxylic acids is 2. The van der Waals surface area contributed by atoms with Crippen LogP contribution in [0.3, 0.4) is 0 Å². The van der Waals surface area contributed by atoms with Gasteiger partial charge in [0.2, 0.25) is 5.91 Å². The summed E-state index contributed by atoms with van der Waals surface area (Å²) in [5.41, 5.74) is 0.890. The molecule has 1 aromatic carbocycles. The zero-order valence-electron chi connectivity index (χ0n) is 12.7. The van der Waals surface area contributed by atoms with Gasteiger partial charge < -0.3 is 10.2 Å². The normalized spacial score (nSPS) is 17.4. The number of hydrogen-bond acceptors (Lipinski definition) is 4. The lowest BCUT2D eigenvalue weighted by molar-refractivity contribution is -0.124. The number of nitrogens with zero attached hydrogens (tertiary/aromatic N) is 2. The Balaban J connectivity index is 2.11. The maximum absolute atomic E-state index is 12.6. The molecule has 1 unspecified atom stereocenters. The monoisotopic (exact) mass is 317 g/mol. The van der Waals surface area contributed by atoms with Crippen LogP contribution in [-0.4, -0.2) is 40.9 Å². The van der Waals surface area contributed by atoms with Crippen molar-refractivity contribution in [3.63, 3.8) is 0 Å². The van der Waals surface area contributed by atoms with Crippen LogP contribution < -0.4 is 5.32 Å². The molecule has 1 aliphatic heterocycles. The third-order valence-electron chi connectivity index (χ3n) is 3.37. The van der Waals surface area contributed by atoms with Crippen molar-refractivity contribution in [3.8, 4) is 6.07 Å². The Bertz CT molecular complexity index is 610. The molecule has 1 fully saturated rings. The zero-order chi connectivity index (χ0) is 16.1. The van der Waals surface area contributed by atoms with Crippen LogP contribution in [0.1, 0.15) is 29.8 Å². The minimum Gasteiger partial charge on any atom is -0.354 e. The lowest BCUT2D eigenvalue weighted by atomic mass is 10.1. The Kier molecular flexibility index (Phi) is 5.45. The minimum absolute atomic E-state index is 0.108. The highest BCUT2D eigenvalue weighted by molar-refractivity contribution is 7.99. The van der Waals surface area contributed by atoms with Crippen LogP contribution in [-0.2, 0) is 4.79 Å². The second-order valence-electron chi connectivity index (χ2n) is 5.62. The molecule has 0 spiro atoms. The summed E-state index contributed by atoms with van der Waals surface area (Å²) in [6.07, 6.45) is 0. The van der Waals surface area contributed by atoms with E-state index in [4.69, 9.17) is 5.26 Å². The van der Waals surface area contributed by atoms with Gasteiger partial charge in [-0.2, -0.15) is 5.26 Å². The quantitative estimate of drug-likeness (QED) is 0.920. The lowest BCUT2D eigenvalue weighted by Gasteiger charge is -2.23. The maximum Gasteiger partial charge on any atom is 0.255 e. The summed E-state index contributed by atoms with van der Waals surface area (Å²) in [5.74, 6) is 1.16. The van der Waals surface area contributed by atoms with Crippen LogP contribution in [0.5, 0.6) is 0 Å². The molecule has 2 rings (SSSR count). The number of rotatable bonds is 4. The first-order chi connectivity index (χ1) is 10.5. The molecule has 0 aliphatic carbocycles. The molecule has 1 heterocycles. The first kappa shape index (κ1) is 16.4. The maximum atomic E-state index is 12.6. The molecule has 0 saturated carbocycles. The van der Waals surface area contributed by atoms with E-state index >= 15 is 0 Å². The summed E-state index contributed by atoms with van der Waals surface area (Å²) in [5, 5.41) is 11.8. The summed E-state index contributed by atoms with van der Waals surface area (Å²) in [6, 6.07) is 8.16. The van der Waals surface area contributed by atoms with Crippen molar-refractivity contribution in [3.05, 3.63) is 35.4 Å². The molecule has 0 bridgehead atoms. The molecule has 2 amide bonds. The topological polar surface area (TPSA) is 73.2 Å². The third kappa shape index (κ3) is 3.80. The number of benzene rings is 1. The predicted octanol–water partition coefficient (Wildman–Crippen LogP) is 1.85. The molecule has 22 heavy (non-hydrogen) atoms. The molecule has 1 aliphatic rings. The number of thioether (sulfide) groups is 1. The fraction of sp³-hybridized carbons (Fsp3) is 0.438. The number of nitriles is 1. The van der Waals surface area contributed by atoms with Crippen molar-refractivity contribution in [2.75, 3.05) is 18.2 Å². The highest BCUT2D eigenvalue weighted by Crippen LogP contribution is 2.23. The fourth-order valence-corrected chi connectivity index (χ4v) is 3.32. The number of nitrogens with one attached hydrogen (secondary N) is 1. The Labute approximate surface area is 134 Å². The molecule has 1 aromatic rings.